The second-order valence-corrected chi connectivity index (χ2v) is 8.54. The van der Waals surface area contributed by atoms with Gasteiger partial charge in [-0.15, -0.1) is 0 Å². The summed E-state index contributed by atoms with van der Waals surface area (Å²) < 4.78 is 6.98. The number of amides is 2. The molecule has 2 aromatic heterocycles. The number of aromatic nitrogens is 2. The highest BCUT2D eigenvalue weighted by atomic mass is 16.5. The lowest BCUT2D eigenvalue weighted by Crippen LogP contribution is -2.36. The number of hydrogen-bond donors (Lipinski definition) is 2. The van der Waals surface area contributed by atoms with E-state index in [-0.39, 0.29) is 11.9 Å². The lowest BCUT2D eigenvalue weighted by molar-refractivity contribution is 0.102. The molecule has 1 saturated heterocycles. The van der Waals surface area contributed by atoms with Crippen LogP contribution in [0.5, 0.6) is 0 Å². The Morgan fingerprint density at radius 1 is 0.972 bits per heavy atom. The molecule has 0 saturated carbocycles. The van der Waals surface area contributed by atoms with Crippen LogP contribution in [0.2, 0.25) is 0 Å². The number of carbonyl (C=O) groups is 2. The van der Waals surface area contributed by atoms with Crippen LogP contribution in [-0.2, 0) is 4.74 Å². The van der Waals surface area contributed by atoms with Crippen molar-refractivity contribution in [3.63, 3.8) is 0 Å². The monoisotopic (exact) mass is 484 g/mol. The predicted molar refractivity (Wildman–Crippen MR) is 142 cm³/mol. The first-order chi connectivity index (χ1) is 17.5. The highest BCUT2D eigenvalue weighted by Gasteiger charge is 2.14. The minimum atomic E-state index is -0.215. The molecule has 0 spiro atoms. The maximum Gasteiger partial charge on any atom is 0.325 e. The summed E-state index contributed by atoms with van der Waals surface area (Å²) in [4.78, 5) is 33.5. The summed E-state index contributed by atoms with van der Waals surface area (Å²) in [5.41, 5.74) is 4.29. The molecule has 0 radical (unpaired) electrons. The summed E-state index contributed by atoms with van der Waals surface area (Å²) in [5, 5.41) is 6.49. The highest BCUT2D eigenvalue weighted by Crippen LogP contribution is 2.29. The van der Waals surface area contributed by atoms with E-state index in [1.807, 2.05) is 72.6 Å². The lowest BCUT2D eigenvalue weighted by atomic mass is 10.1. The van der Waals surface area contributed by atoms with Gasteiger partial charge in [-0.3, -0.25) is 9.36 Å². The minimum absolute atomic E-state index is 0.184. The van der Waals surface area contributed by atoms with Gasteiger partial charge in [0.05, 0.1) is 18.7 Å². The van der Waals surface area contributed by atoms with Crippen LogP contribution >= 0.6 is 0 Å². The van der Waals surface area contributed by atoms with Gasteiger partial charge in [0.25, 0.3) is 5.91 Å². The Morgan fingerprint density at radius 2 is 1.72 bits per heavy atom. The van der Waals surface area contributed by atoms with Crippen LogP contribution in [0.4, 0.5) is 27.7 Å². The number of nitrogens with zero attached hydrogens (tertiary/aromatic N) is 4. The van der Waals surface area contributed by atoms with E-state index in [4.69, 9.17) is 4.74 Å². The van der Waals surface area contributed by atoms with Crippen LogP contribution < -0.4 is 20.4 Å². The van der Waals surface area contributed by atoms with E-state index in [0.717, 1.165) is 54.3 Å². The van der Waals surface area contributed by atoms with Gasteiger partial charge in [-0.2, -0.15) is 0 Å². The molecule has 3 heterocycles. The van der Waals surface area contributed by atoms with Gasteiger partial charge < -0.3 is 25.2 Å². The zero-order chi connectivity index (χ0) is 25.1. The first-order valence-corrected chi connectivity index (χ1v) is 11.8. The molecule has 1 aliphatic heterocycles. The zero-order valence-electron chi connectivity index (χ0n) is 20.3. The molecule has 0 atom stereocenters. The topological polar surface area (TPSA) is 91.7 Å². The number of pyridine rings is 1. The number of morpholine rings is 1. The standard InChI is InChI=1S/C27H28N6O3/c1-28-27(35)33-12-10-20-17-22(7-8-24(20)33)31(2)23-9-11-29-25(18-23)30-26(34)19-3-5-21(6-4-19)32-13-15-36-16-14-32/h3-12,17-18H,13-16H2,1-2H3,(H,28,35)(H,29,30,34). The Bertz CT molecular complexity index is 1390. The minimum Gasteiger partial charge on any atom is -0.378 e. The molecule has 0 unspecified atom stereocenters. The molecular weight excluding hydrogens is 456 g/mol. The SMILES string of the molecule is CNC(=O)n1ccc2cc(N(C)c3ccnc(NC(=O)c4ccc(N5CCOCC5)cc4)c3)ccc21. The average Bonchev–Trinajstić information content (AvgIpc) is 3.36. The summed E-state index contributed by atoms with van der Waals surface area (Å²) in [7, 11) is 3.55. The van der Waals surface area contributed by atoms with Gasteiger partial charge in [-0.05, 0) is 54.6 Å². The van der Waals surface area contributed by atoms with Crippen LogP contribution in [0.3, 0.4) is 0 Å². The van der Waals surface area contributed by atoms with E-state index >= 15 is 0 Å². The van der Waals surface area contributed by atoms with Crippen molar-refractivity contribution < 1.29 is 14.3 Å². The summed E-state index contributed by atoms with van der Waals surface area (Å²) >= 11 is 0. The lowest BCUT2D eigenvalue weighted by Gasteiger charge is -2.28. The fourth-order valence-corrected chi connectivity index (χ4v) is 4.32. The van der Waals surface area contributed by atoms with Crippen molar-refractivity contribution in [1.29, 1.82) is 0 Å². The Morgan fingerprint density at radius 3 is 2.47 bits per heavy atom. The quantitative estimate of drug-likeness (QED) is 0.444. The Kier molecular flexibility index (Phi) is 6.55. The molecular formula is C27H28N6O3. The molecule has 0 aliphatic carbocycles. The van der Waals surface area contributed by atoms with Crippen molar-refractivity contribution in [1.82, 2.24) is 14.9 Å². The normalized spacial score (nSPS) is 13.4. The molecule has 2 aromatic carbocycles. The number of hydrogen-bond acceptors (Lipinski definition) is 6. The third kappa shape index (κ3) is 4.73. The first-order valence-electron chi connectivity index (χ1n) is 11.8. The summed E-state index contributed by atoms with van der Waals surface area (Å²) in [6.07, 6.45) is 3.42. The average molecular weight is 485 g/mol. The maximum atomic E-state index is 12.8. The van der Waals surface area contributed by atoms with Crippen LogP contribution in [0, 0.1) is 0 Å². The zero-order valence-corrected chi connectivity index (χ0v) is 20.3. The maximum absolute atomic E-state index is 12.8. The largest absolute Gasteiger partial charge is 0.378 e. The number of benzene rings is 2. The van der Waals surface area contributed by atoms with Crippen molar-refractivity contribution in [3.05, 3.63) is 78.6 Å². The van der Waals surface area contributed by atoms with Crippen LogP contribution in [-0.4, -0.2) is 61.9 Å². The number of anilines is 4. The molecule has 0 bridgehead atoms. The molecule has 184 valence electrons. The van der Waals surface area contributed by atoms with E-state index in [2.05, 4.69) is 20.5 Å². The van der Waals surface area contributed by atoms with E-state index in [1.165, 1.54) is 0 Å². The summed E-state index contributed by atoms with van der Waals surface area (Å²) in [5.74, 6) is 0.251. The van der Waals surface area contributed by atoms with Gasteiger partial charge in [-0.25, -0.2) is 9.78 Å². The first kappa shape index (κ1) is 23.4. The fourth-order valence-electron chi connectivity index (χ4n) is 4.32. The Balaban J connectivity index is 1.29. The number of ether oxygens (including phenoxy) is 1. The van der Waals surface area contributed by atoms with Gasteiger partial charge in [0.1, 0.15) is 5.82 Å². The second kappa shape index (κ2) is 10.1. The summed E-state index contributed by atoms with van der Waals surface area (Å²) in [6.45, 7) is 3.13. The molecule has 2 amide bonds. The van der Waals surface area contributed by atoms with Crippen LogP contribution in [0.1, 0.15) is 10.4 Å². The smallest absolute Gasteiger partial charge is 0.325 e. The van der Waals surface area contributed by atoms with Crippen molar-refractivity contribution in [2.24, 2.45) is 0 Å². The van der Waals surface area contributed by atoms with E-state index < -0.39 is 0 Å². The number of fused-ring (bicyclic) bond motifs is 1. The molecule has 1 aliphatic rings. The molecule has 4 aromatic rings. The van der Waals surface area contributed by atoms with Crippen LogP contribution in [0.25, 0.3) is 10.9 Å². The van der Waals surface area contributed by atoms with E-state index in [0.29, 0.717) is 11.4 Å². The molecule has 1 fully saturated rings. The molecule has 9 nitrogen and oxygen atoms in total. The van der Waals surface area contributed by atoms with Crippen molar-refractivity contribution in [3.8, 4) is 0 Å². The third-order valence-electron chi connectivity index (χ3n) is 6.37. The molecule has 5 rings (SSSR count). The number of rotatable bonds is 5. The van der Waals surface area contributed by atoms with Gasteiger partial charge in [0, 0.05) is 73.7 Å². The van der Waals surface area contributed by atoms with Crippen molar-refractivity contribution >= 4 is 45.7 Å². The highest BCUT2D eigenvalue weighted by molar-refractivity contribution is 6.04. The predicted octanol–water partition coefficient (Wildman–Crippen LogP) is 4.08. The third-order valence-corrected chi connectivity index (χ3v) is 6.37. The van der Waals surface area contributed by atoms with Gasteiger partial charge in [-0.1, -0.05) is 0 Å². The van der Waals surface area contributed by atoms with E-state index in [9.17, 15) is 9.59 Å². The Hall–Kier alpha value is -4.37. The van der Waals surface area contributed by atoms with Crippen molar-refractivity contribution in [2.75, 3.05) is 55.5 Å². The van der Waals surface area contributed by atoms with Gasteiger partial charge >= 0.3 is 6.03 Å². The number of nitrogens with one attached hydrogen (secondary N) is 2. The van der Waals surface area contributed by atoms with Gasteiger partial charge in [0.2, 0.25) is 0 Å². The summed E-state index contributed by atoms with van der Waals surface area (Å²) in [6, 6.07) is 18.9. The molecule has 9 heteroatoms. The Labute approximate surface area is 209 Å². The van der Waals surface area contributed by atoms with Crippen molar-refractivity contribution in [2.45, 2.75) is 0 Å². The molecule has 2 N–H and O–H groups in total. The van der Waals surface area contributed by atoms with Crippen LogP contribution in [0.15, 0.2) is 73.1 Å². The fraction of sp³-hybridized carbons (Fsp3) is 0.222. The van der Waals surface area contributed by atoms with E-state index in [1.54, 1.807) is 24.0 Å². The molecule has 36 heavy (non-hydrogen) atoms. The number of carbonyl (C=O) groups excluding carboxylic acids is 2. The second-order valence-electron chi connectivity index (χ2n) is 8.54. The van der Waals surface area contributed by atoms with Gasteiger partial charge in [0.15, 0.2) is 0 Å².